The Hall–Kier alpha value is -1.46. The third-order valence-corrected chi connectivity index (χ3v) is 5.08. The minimum atomic E-state index is 0.123. The van der Waals surface area contributed by atoms with E-state index < -0.39 is 0 Å². The molecule has 0 amide bonds. The summed E-state index contributed by atoms with van der Waals surface area (Å²) in [5.41, 5.74) is 4.38. The van der Waals surface area contributed by atoms with Crippen molar-refractivity contribution >= 4 is 0 Å². The van der Waals surface area contributed by atoms with Crippen molar-refractivity contribution in [3.8, 4) is 12.3 Å². The van der Waals surface area contributed by atoms with Gasteiger partial charge >= 0.3 is 0 Å². The molecule has 2 rings (SSSR count). The van der Waals surface area contributed by atoms with Gasteiger partial charge in [-0.05, 0) is 44.3 Å². The molecule has 1 aliphatic carbocycles. The first kappa shape index (κ1) is 14.9. The molecule has 0 aromatic carbocycles. The average Bonchev–Trinajstić information content (AvgIpc) is 2.78. The first-order chi connectivity index (χ1) is 9.53. The van der Waals surface area contributed by atoms with Gasteiger partial charge in [-0.3, -0.25) is 0 Å². The number of rotatable bonds is 5. The lowest BCUT2D eigenvalue weighted by Crippen LogP contribution is -2.34. The standard InChI is InChI=1S/C18H26N2/c1-6-16(7-2)19-11-10-15-12-20-17-9-8-13(3)14(4)18(15,17)5/h1,8-9,12,14,16,19-20H,7,10-11H2,2-5H3/t14-,16?,18-/m1/s1. The highest BCUT2D eigenvalue weighted by Gasteiger charge is 2.43. The van der Waals surface area contributed by atoms with Gasteiger partial charge < -0.3 is 10.6 Å². The monoisotopic (exact) mass is 270 g/mol. The minimum Gasteiger partial charge on any atom is -0.364 e. The fraction of sp³-hybridized carbons (Fsp3) is 0.556. The molecule has 2 nitrogen and oxygen atoms in total. The van der Waals surface area contributed by atoms with Crippen molar-refractivity contribution in [3.63, 3.8) is 0 Å². The van der Waals surface area contributed by atoms with Crippen LogP contribution in [0.2, 0.25) is 0 Å². The predicted octanol–water partition coefficient (Wildman–Crippen LogP) is 3.35. The highest BCUT2D eigenvalue weighted by Crippen LogP contribution is 2.50. The SMILES string of the molecule is C#CC(CC)NCCC1=CNC2=CC=C(C)[C@@H](C)[C@]12C. The van der Waals surface area contributed by atoms with Crippen LogP contribution in [0.5, 0.6) is 0 Å². The summed E-state index contributed by atoms with van der Waals surface area (Å²) >= 11 is 0. The highest BCUT2D eigenvalue weighted by atomic mass is 14.9. The fourth-order valence-electron chi connectivity index (χ4n) is 3.22. The summed E-state index contributed by atoms with van der Waals surface area (Å²) in [6.45, 7) is 9.96. The second kappa shape index (κ2) is 5.89. The second-order valence-electron chi connectivity index (χ2n) is 6.06. The normalized spacial score (nSPS) is 29.6. The van der Waals surface area contributed by atoms with E-state index in [0.29, 0.717) is 5.92 Å². The van der Waals surface area contributed by atoms with E-state index in [-0.39, 0.29) is 11.5 Å². The maximum Gasteiger partial charge on any atom is 0.0684 e. The molecule has 0 fully saturated rings. The summed E-state index contributed by atoms with van der Waals surface area (Å²) in [7, 11) is 0. The largest absolute Gasteiger partial charge is 0.364 e. The van der Waals surface area contributed by atoms with Gasteiger partial charge in [0, 0.05) is 23.9 Å². The molecule has 3 atom stereocenters. The van der Waals surface area contributed by atoms with Crippen LogP contribution in [-0.4, -0.2) is 12.6 Å². The van der Waals surface area contributed by atoms with Crippen LogP contribution >= 0.6 is 0 Å². The van der Waals surface area contributed by atoms with E-state index in [4.69, 9.17) is 6.42 Å². The van der Waals surface area contributed by atoms with Crippen LogP contribution in [0, 0.1) is 23.7 Å². The van der Waals surface area contributed by atoms with Gasteiger partial charge in [0.25, 0.3) is 0 Å². The highest BCUT2D eigenvalue weighted by molar-refractivity contribution is 5.43. The van der Waals surface area contributed by atoms with Crippen molar-refractivity contribution in [2.45, 2.75) is 46.6 Å². The first-order valence-corrected chi connectivity index (χ1v) is 7.58. The van der Waals surface area contributed by atoms with Gasteiger partial charge in [0.2, 0.25) is 0 Å². The van der Waals surface area contributed by atoms with Crippen molar-refractivity contribution in [2.75, 3.05) is 6.54 Å². The van der Waals surface area contributed by atoms with Crippen molar-refractivity contribution in [2.24, 2.45) is 11.3 Å². The summed E-state index contributed by atoms with van der Waals surface area (Å²) in [6, 6.07) is 0.193. The Morgan fingerprint density at radius 2 is 2.25 bits per heavy atom. The molecule has 1 aliphatic heterocycles. The zero-order valence-corrected chi connectivity index (χ0v) is 13.1. The molecule has 2 aliphatic rings. The molecule has 2 heteroatoms. The van der Waals surface area contributed by atoms with Crippen LogP contribution < -0.4 is 10.6 Å². The van der Waals surface area contributed by atoms with Gasteiger partial charge in [-0.1, -0.05) is 31.4 Å². The van der Waals surface area contributed by atoms with Crippen LogP contribution in [0.3, 0.4) is 0 Å². The average molecular weight is 270 g/mol. The van der Waals surface area contributed by atoms with E-state index in [0.717, 1.165) is 19.4 Å². The molecular formula is C18H26N2. The number of nitrogens with one attached hydrogen (secondary N) is 2. The third-order valence-electron chi connectivity index (χ3n) is 5.08. The Bertz CT molecular complexity index is 504. The van der Waals surface area contributed by atoms with Gasteiger partial charge in [-0.25, -0.2) is 0 Å². The van der Waals surface area contributed by atoms with Crippen LogP contribution in [0.4, 0.5) is 0 Å². The molecular weight excluding hydrogens is 244 g/mol. The molecule has 0 saturated carbocycles. The second-order valence-corrected chi connectivity index (χ2v) is 6.06. The van der Waals surface area contributed by atoms with E-state index in [9.17, 15) is 0 Å². The van der Waals surface area contributed by atoms with Gasteiger partial charge in [0.1, 0.15) is 0 Å². The molecule has 108 valence electrons. The summed E-state index contributed by atoms with van der Waals surface area (Å²) < 4.78 is 0. The number of allylic oxidation sites excluding steroid dienone is 4. The molecule has 0 spiro atoms. The van der Waals surface area contributed by atoms with E-state index in [1.165, 1.54) is 16.8 Å². The van der Waals surface area contributed by atoms with Crippen LogP contribution in [0.1, 0.15) is 40.5 Å². The zero-order chi connectivity index (χ0) is 14.8. The van der Waals surface area contributed by atoms with Crippen LogP contribution in [0.15, 0.2) is 35.2 Å². The van der Waals surface area contributed by atoms with Crippen molar-refractivity contribution < 1.29 is 0 Å². The van der Waals surface area contributed by atoms with Gasteiger partial charge in [0.15, 0.2) is 0 Å². The topological polar surface area (TPSA) is 24.1 Å². The maximum absolute atomic E-state index is 5.49. The van der Waals surface area contributed by atoms with Crippen molar-refractivity contribution in [1.82, 2.24) is 10.6 Å². The lowest BCUT2D eigenvalue weighted by atomic mass is 9.66. The number of terminal acetylenes is 1. The fourth-order valence-corrected chi connectivity index (χ4v) is 3.22. The molecule has 0 saturated heterocycles. The van der Waals surface area contributed by atoms with E-state index in [2.05, 4.69) is 62.6 Å². The summed E-state index contributed by atoms with van der Waals surface area (Å²) in [5, 5.41) is 6.90. The zero-order valence-electron chi connectivity index (χ0n) is 13.1. The number of fused-ring (bicyclic) bond motifs is 1. The molecule has 1 unspecified atom stereocenters. The van der Waals surface area contributed by atoms with E-state index in [1.807, 2.05) is 0 Å². The van der Waals surface area contributed by atoms with E-state index in [1.54, 1.807) is 0 Å². The Balaban J connectivity index is 2.03. The number of hydrogen-bond donors (Lipinski definition) is 2. The molecule has 1 heterocycles. The molecule has 20 heavy (non-hydrogen) atoms. The summed E-state index contributed by atoms with van der Waals surface area (Å²) in [5.74, 6) is 3.33. The van der Waals surface area contributed by atoms with Gasteiger partial charge in [-0.2, -0.15) is 0 Å². The molecule has 0 radical (unpaired) electrons. The lowest BCUT2D eigenvalue weighted by Gasteiger charge is -2.38. The Morgan fingerprint density at radius 3 is 2.90 bits per heavy atom. The molecule has 0 bridgehead atoms. The molecule has 2 N–H and O–H groups in total. The minimum absolute atomic E-state index is 0.123. The van der Waals surface area contributed by atoms with Crippen LogP contribution in [-0.2, 0) is 0 Å². The number of hydrogen-bond acceptors (Lipinski definition) is 2. The quantitative estimate of drug-likeness (QED) is 0.749. The Labute approximate surface area is 123 Å². The smallest absolute Gasteiger partial charge is 0.0684 e. The summed E-state index contributed by atoms with van der Waals surface area (Å²) in [4.78, 5) is 0. The Morgan fingerprint density at radius 1 is 1.50 bits per heavy atom. The van der Waals surface area contributed by atoms with Crippen LogP contribution in [0.25, 0.3) is 0 Å². The predicted molar refractivity (Wildman–Crippen MR) is 85.9 cm³/mol. The van der Waals surface area contributed by atoms with Gasteiger partial charge in [-0.15, -0.1) is 6.42 Å². The summed E-state index contributed by atoms with van der Waals surface area (Å²) in [6.07, 6.45) is 14.2. The Kier molecular flexibility index (Phi) is 4.40. The first-order valence-electron chi connectivity index (χ1n) is 7.58. The van der Waals surface area contributed by atoms with E-state index >= 15 is 0 Å². The lowest BCUT2D eigenvalue weighted by molar-refractivity contribution is 0.342. The third kappa shape index (κ3) is 2.43. The van der Waals surface area contributed by atoms with Crippen molar-refractivity contribution in [1.29, 1.82) is 0 Å². The molecule has 0 aromatic heterocycles. The van der Waals surface area contributed by atoms with Gasteiger partial charge in [0.05, 0.1) is 6.04 Å². The molecule has 0 aromatic rings. The maximum atomic E-state index is 5.49. The van der Waals surface area contributed by atoms with Crippen molar-refractivity contribution in [3.05, 3.63) is 35.2 Å².